The fourth-order valence-corrected chi connectivity index (χ4v) is 3.53. The monoisotopic (exact) mass is 430 g/mol. The smallest absolute Gasteiger partial charge is 0.264 e. The predicted octanol–water partition coefficient (Wildman–Crippen LogP) is 2.55. The SMILES string of the molecule is CC[C@@H](C)NC(=O)Cn1nc(SC)c(-c2nc(-c3ccc4c(c3)OCO4)no2)c1N. The van der Waals surface area contributed by atoms with Crippen LogP contribution in [0.25, 0.3) is 22.8 Å². The molecule has 10 nitrogen and oxygen atoms in total. The molecule has 11 heteroatoms. The molecule has 3 N–H and O–H groups in total. The minimum Gasteiger partial charge on any atom is -0.454 e. The molecule has 1 aliphatic heterocycles. The van der Waals surface area contributed by atoms with Crippen LogP contribution in [0.4, 0.5) is 5.82 Å². The van der Waals surface area contributed by atoms with E-state index in [9.17, 15) is 4.79 Å². The van der Waals surface area contributed by atoms with Crippen LogP contribution in [-0.2, 0) is 11.3 Å². The summed E-state index contributed by atoms with van der Waals surface area (Å²) >= 11 is 1.38. The van der Waals surface area contributed by atoms with Gasteiger partial charge in [0.2, 0.25) is 18.5 Å². The van der Waals surface area contributed by atoms with E-state index in [4.69, 9.17) is 19.7 Å². The molecule has 4 rings (SSSR count). The average molecular weight is 430 g/mol. The Bertz CT molecular complexity index is 1080. The normalized spacial score (nSPS) is 13.4. The van der Waals surface area contributed by atoms with Crippen LogP contribution < -0.4 is 20.5 Å². The number of ether oxygens (including phenoxy) is 2. The van der Waals surface area contributed by atoms with Crippen LogP contribution in [0.5, 0.6) is 11.5 Å². The van der Waals surface area contributed by atoms with E-state index in [-0.39, 0.29) is 31.2 Å². The van der Waals surface area contributed by atoms with Gasteiger partial charge in [-0.25, -0.2) is 4.68 Å². The second-order valence-corrected chi connectivity index (χ2v) is 7.59. The summed E-state index contributed by atoms with van der Waals surface area (Å²) in [6.45, 7) is 4.14. The molecular formula is C19H22N6O4S. The lowest BCUT2D eigenvalue weighted by Gasteiger charge is -2.11. The quantitative estimate of drug-likeness (QED) is 0.543. The topological polar surface area (TPSA) is 130 Å². The summed E-state index contributed by atoms with van der Waals surface area (Å²) in [6.07, 6.45) is 2.70. The number of amides is 1. The van der Waals surface area contributed by atoms with E-state index in [0.29, 0.717) is 33.7 Å². The number of nitrogens with two attached hydrogens (primary N) is 1. The van der Waals surface area contributed by atoms with Gasteiger partial charge in [-0.15, -0.1) is 11.8 Å². The highest BCUT2D eigenvalue weighted by Crippen LogP contribution is 2.37. The van der Waals surface area contributed by atoms with Crippen molar-refractivity contribution in [2.75, 3.05) is 18.8 Å². The van der Waals surface area contributed by atoms with Gasteiger partial charge in [-0.3, -0.25) is 4.79 Å². The second kappa shape index (κ2) is 8.27. The van der Waals surface area contributed by atoms with Crippen molar-refractivity contribution in [2.45, 2.75) is 37.9 Å². The number of anilines is 1. The Kier molecular flexibility index (Phi) is 5.53. The van der Waals surface area contributed by atoms with E-state index in [2.05, 4.69) is 20.6 Å². The summed E-state index contributed by atoms with van der Waals surface area (Å²) in [5, 5.41) is 12.0. The molecule has 3 heterocycles. The summed E-state index contributed by atoms with van der Waals surface area (Å²) in [7, 11) is 0. The third-order valence-electron chi connectivity index (χ3n) is 4.74. The number of thioether (sulfide) groups is 1. The van der Waals surface area contributed by atoms with Crippen molar-refractivity contribution in [3.63, 3.8) is 0 Å². The Hall–Kier alpha value is -3.21. The number of hydrogen-bond donors (Lipinski definition) is 2. The van der Waals surface area contributed by atoms with Crippen LogP contribution in [0, 0.1) is 0 Å². The molecule has 3 aromatic rings. The molecule has 1 aromatic carbocycles. The van der Waals surface area contributed by atoms with Gasteiger partial charge < -0.3 is 25.0 Å². The van der Waals surface area contributed by atoms with Gasteiger partial charge in [-0.1, -0.05) is 12.1 Å². The number of carbonyl (C=O) groups excluding carboxylic acids is 1. The number of fused-ring (bicyclic) bond motifs is 1. The van der Waals surface area contributed by atoms with Gasteiger partial charge in [0, 0.05) is 11.6 Å². The predicted molar refractivity (Wildman–Crippen MR) is 111 cm³/mol. The summed E-state index contributed by atoms with van der Waals surface area (Å²) in [6, 6.07) is 5.49. The molecule has 0 unspecified atom stereocenters. The van der Waals surface area contributed by atoms with Crippen LogP contribution >= 0.6 is 11.8 Å². The van der Waals surface area contributed by atoms with Gasteiger partial charge in [-0.05, 0) is 37.8 Å². The maximum absolute atomic E-state index is 12.3. The van der Waals surface area contributed by atoms with Gasteiger partial charge in [-0.2, -0.15) is 10.1 Å². The lowest BCUT2D eigenvalue weighted by atomic mass is 10.2. The number of aromatic nitrogens is 4. The fourth-order valence-electron chi connectivity index (χ4n) is 2.95. The molecular weight excluding hydrogens is 408 g/mol. The molecule has 30 heavy (non-hydrogen) atoms. The van der Waals surface area contributed by atoms with Crippen LogP contribution in [0.3, 0.4) is 0 Å². The first kappa shape index (κ1) is 20.1. The third kappa shape index (κ3) is 3.80. The van der Waals surface area contributed by atoms with Crippen molar-refractivity contribution >= 4 is 23.5 Å². The minimum atomic E-state index is -0.163. The van der Waals surface area contributed by atoms with Crippen LogP contribution in [0.15, 0.2) is 27.7 Å². The van der Waals surface area contributed by atoms with Crippen LogP contribution in [0.2, 0.25) is 0 Å². The molecule has 0 aliphatic carbocycles. The highest BCUT2D eigenvalue weighted by Gasteiger charge is 2.24. The van der Waals surface area contributed by atoms with Crippen molar-refractivity contribution < 1.29 is 18.8 Å². The average Bonchev–Trinajstić information content (AvgIpc) is 3.46. The number of rotatable bonds is 7. The lowest BCUT2D eigenvalue weighted by Crippen LogP contribution is -2.35. The third-order valence-corrected chi connectivity index (χ3v) is 5.41. The zero-order valence-electron chi connectivity index (χ0n) is 16.8. The molecule has 1 aliphatic rings. The van der Waals surface area contributed by atoms with Gasteiger partial charge in [0.15, 0.2) is 11.5 Å². The largest absolute Gasteiger partial charge is 0.454 e. The Morgan fingerprint density at radius 2 is 2.17 bits per heavy atom. The molecule has 1 amide bonds. The van der Waals surface area contributed by atoms with Crippen molar-refractivity contribution in [3.05, 3.63) is 18.2 Å². The van der Waals surface area contributed by atoms with E-state index in [1.165, 1.54) is 16.4 Å². The van der Waals surface area contributed by atoms with E-state index in [1.54, 1.807) is 12.1 Å². The molecule has 0 saturated heterocycles. The fraction of sp³-hybridized carbons (Fsp3) is 0.368. The highest BCUT2D eigenvalue weighted by molar-refractivity contribution is 7.98. The summed E-state index contributed by atoms with van der Waals surface area (Å²) in [5.74, 6) is 2.05. The standard InChI is InChI=1S/C19H22N6O4S/c1-4-10(2)21-14(26)8-25-16(20)15(19(23-25)30-3)18-22-17(24-29-18)11-5-6-12-13(7-11)28-9-27-12/h5-7,10H,4,8-9,20H2,1-3H3,(H,21,26)/t10-/m1/s1. The zero-order chi connectivity index (χ0) is 21.3. The van der Waals surface area contributed by atoms with Crippen LogP contribution in [-0.4, -0.2) is 44.9 Å². The molecule has 0 fully saturated rings. The molecule has 0 spiro atoms. The number of nitrogen functional groups attached to an aromatic ring is 1. The van der Waals surface area contributed by atoms with Crippen LogP contribution in [0.1, 0.15) is 20.3 Å². The summed E-state index contributed by atoms with van der Waals surface area (Å²) in [4.78, 5) is 16.7. The van der Waals surface area contributed by atoms with E-state index < -0.39 is 0 Å². The van der Waals surface area contributed by atoms with Gasteiger partial charge in [0.1, 0.15) is 23.0 Å². The minimum absolute atomic E-state index is 0.00683. The Balaban J connectivity index is 1.61. The van der Waals surface area contributed by atoms with Crippen molar-refractivity contribution in [3.8, 4) is 34.3 Å². The molecule has 0 radical (unpaired) electrons. The lowest BCUT2D eigenvalue weighted by molar-refractivity contribution is -0.122. The Morgan fingerprint density at radius 1 is 1.37 bits per heavy atom. The van der Waals surface area contributed by atoms with Gasteiger partial charge in [0.05, 0.1) is 0 Å². The molecule has 0 saturated carbocycles. The second-order valence-electron chi connectivity index (χ2n) is 6.80. The maximum atomic E-state index is 12.3. The van der Waals surface area contributed by atoms with Crippen molar-refractivity contribution in [1.29, 1.82) is 0 Å². The molecule has 2 aromatic heterocycles. The first-order valence-electron chi connectivity index (χ1n) is 9.43. The molecule has 158 valence electrons. The Morgan fingerprint density at radius 3 is 2.93 bits per heavy atom. The molecule has 0 bridgehead atoms. The Labute approximate surface area is 177 Å². The maximum Gasteiger partial charge on any atom is 0.264 e. The van der Waals surface area contributed by atoms with Crippen molar-refractivity contribution in [2.24, 2.45) is 0 Å². The first-order valence-corrected chi connectivity index (χ1v) is 10.7. The summed E-state index contributed by atoms with van der Waals surface area (Å²) < 4.78 is 17.6. The van der Waals surface area contributed by atoms with E-state index >= 15 is 0 Å². The van der Waals surface area contributed by atoms with Crippen molar-refractivity contribution in [1.82, 2.24) is 25.2 Å². The van der Waals surface area contributed by atoms with Gasteiger partial charge >= 0.3 is 0 Å². The first-order chi connectivity index (χ1) is 14.5. The highest BCUT2D eigenvalue weighted by atomic mass is 32.2. The van der Waals surface area contributed by atoms with Gasteiger partial charge in [0.25, 0.3) is 5.89 Å². The van der Waals surface area contributed by atoms with E-state index in [0.717, 1.165) is 12.0 Å². The number of nitrogens with zero attached hydrogens (tertiary/aromatic N) is 4. The number of hydrogen-bond acceptors (Lipinski definition) is 9. The summed E-state index contributed by atoms with van der Waals surface area (Å²) in [5.41, 5.74) is 7.52. The number of carbonyl (C=O) groups is 1. The zero-order valence-corrected chi connectivity index (χ0v) is 17.7. The molecule has 1 atom stereocenters. The number of nitrogens with one attached hydrogen (secondary N) is 1. The number of benzene rings is 1. The van der Waals surface area contributed by atoms with E-state index in [1.807, 2.05) is 26.2 Å².